The molecule has 2 nitrogen and oxygen atoms in total. The first-order valence-corrected chi connectivity index (χ1v) is 8.94. The standard InChI is InChI=1S/C17H11F5N2S2/c1-2-7-25-15-12(9-23)13(17(20,21)22)8-14(24-15)10-3-5-11(6-4-10)26-16(18)19/h2-6,8,16H,1,7H2. The highest BCUT2D eigenvalue weighted by Gasteiger charge is 2.36. The van der Waals surface area contributed by atoms with E-state index in [1.165, 1.54) is 30.3 Å². The maximum Gasteiger partial charge on any atom is 0.417 e. The van der Waals surface area contributed by atoms with Gasteiger partial charge >= 0.3 is 6.18 Å². The first-order chi connectivity index (χ1) is 12.3. The van der Waals surface area contributed by atoms with Crippen LogP contribution >= 0.6 is 23.5 Å². The van der Waals surface area contributed by atoms with Gasteiger partial charge in [-0.15, -0.1) is 18.3 Å². The molecule has 9 heteroatoms. The van der Waals surface area contributed by atoms with Gasteiger partial charge in [-0.1, -0.05) is 30.0 Å². The van der Waals surface area contributed by atoms with E-state index in [1.54, 1.807) is 6.07 Å². The number of hydrogen-bond donors (Lipinski definition) is 0. The van der Waals surface area contributed by atoms with E-state index in [4.69, 9.17) is 5.26 Å². The van der Waals surface area contributed by atoms with Crippen LogP contribution in [0.3, 0.4) is 0 Å². The summed E-state index contributed by atoms with van der Waals surface area (Å²) in [6, 6.07) is 7.97. The number of hydrogen-bond acceptors (Lipinski definition) is 4. The molecular weight excluding hydrogens is 391 g/mol. The summed E-state index contributed by atoms with van der Waals surface area (Å²) in [6.45, 7) is 3.50. The maximum absolute atomic E-state index is 13.3. The van der Waals surface area contributed by atoms with Gasteiger partial charge in [0, 0.05) is 16.2 Å². The molecule has 0 saturated heterocycles. The fourth-order valence-electron chi connectivity index (χ4n) is 2.05. The van der Waals surface area contributed by atoms with Crippen molar-refractivity contribution in [1.82, 2.24) is 4.98 Å². The number of thioether (sulfide) groups is 2. The van der Waals surface area contributed by atoms with Crippen molar-refractivity contribution in [1.29, 1.82) is 5.26 Å². The summed E-state index contributed by atoms with van der Waals surface area (Å²) in [7, 11) is 0. The number of rotatable bonds is 6. The number of halogens is 5. The first-order valence-electron chi connectivity index (χ1n) is 7.07. The number of nitrogens with zero attached hydrogens (tertiary/aromatic N) is 2. The lowest BCUT2D eigenvalue weighted by molar-refractivity contribution is -0.138. The minimum Gasteiger partial charge on any atom is -0.240 e. The van der Waals surface area contributed by atoms with Crippen molar-refractivity contribution in [3.8, 4) is 17.3 Å². The third-order valence-electron chi connectivity index (χ3n) is 3.12. The fraction of sp³-hybridized carbons (Fsp3) is 0.176. The summed E-state index contributed by atoms with van der Waals surface area (Å²) in [4.78, 5) is 4.44. The van der Waals surface area contributed by atoms with Crippen LogP contribution in [0.2, 0.25) is 0 Å². The molecule has 0 radical (unpaired) electrons. The summed E-state index contributed by atoms with van der Waals surface area (Å²) in [5.41, 5.74) is -1.28. The Morgan fingerprint density at radius 3 is 2.38 bits per heavy atom. The zero-order valence-electron chi connectivity index (χ0n) is 13.1. The lowest BCUT2D eigenvalue weighted by atomic mass is 10.1. The van der Waals surface area contributed by atoms with Gasteiger partial charge in [-0.05, 0) is 18.2 Å². The van der Waals surface area contributed by atoms with Crippen LogP contribution in [0.5, 0.6) is 0 Å². The van der Waals surface area contributed by atoms with Crippen LogP contribution in [0.25, 0.3) is 11.3 Å². The average Bonchev–Trinajstić information content (AvgIpc) is 2.58. The summed E-state index contributed by atoms with van der Waals surface area (Å²) < 4.78 is 64.8. The monoisotopic (exact) mass is 402 g/mol. The Bertz CT molecular complexity index is 827. The second kappa shape index (κ2) is 8.56. The predicted molar refractivity (Wildman–Crippen MR) is 92.2 cm³/mol. The molecule has 1 aromatic heterocycles. The van der Waals surface area contributed by atoms with Gasteiger partial charge in [-0.25, -0.2) is 4.98 Å². The largest absolute Gasteiger partial charge is 0.417 e. The Morgan fingerprint density at radius 1 is 1.23 bits per heavy atom. The zero-order valence-corrected chi connectivity index (χ0v) is 14.7. The van der Waals surface area contributed by atoms with Crippen LogP contribution in [-0.4, -0.2) is 16.5 Å². The summed E-state index contributed by atoms with van der Waals surface area (Å²) >= 11 is 1.31. The van der Waals surface area contributed by atoms with Crippen LogP contribution in [0.1, 0.15) is 11.1 Å². The molecule has 0 aliphatic rings. The number of nitriles is 1. The molecule has 0 unspecified atom stereocenters. The zero-order chi connectivity index (χ0) is 19.3. The van der Waals surface area contributed by atoms with E-state index in [0.717, 1.165) is 17.8 Å². The van der Waals surface area contributed by atoms with Crippen molar-refractivity contribution < 1.29 is 22.0 Å². The van der Waals surface area contributed by atoms with Crippen LogP contribution in [0.15, 0.2) is 52.9 Å². The van der Waals surface area contributed by atoms with Gasteiger partial charge in [0.1, 0.15) is 11.1 Å². The van der Waals surface area contributed by atoms with Gasteiger partial charge in [0.15, 0.2) is 0 Å². The Hall–Kier alpha value is -2.05. The van der Waals surface area contributed by atoms with Crippen molar-refractivity contribution in [3.63, 3.8) is 0 Å². The molecule has 0 spiro atoms. The van der Waals surface area contributed by atoms with Crippen molar-refractivity contribution in [2.75, 3.05) is 5.75 Å². The van der Waals surface area contributed by atoms with E-state index >= 15 is 0 Å². The van der Waals surface area contributed by atoms with Gasteiger partial charge in [-0.3, -0.25) is 0 Å². The predicted octanol–water partition coefficient (Wildman–Crippen LogP) is 6.23. The second-order valence-corrected chi connectivity index (χ2v) is 6.92. The molecule has 1 aromatic carbocycles. The van der Waals surface area contributed by atoms with E-state index in [2.05, 4.69) is 11.6 Å². The molecule has 0 saturated carbocycles. The minimum absolute atomic E-state index is 0.0106. The highest BCUT2D eigenvalue weighted by molar-refractivity contribution is 7.99. The Labute approximate surface area is 155 Å². The average molecular weight is 402 g/mol. The molecule has 26 heavy (non-hydrogen) atoms. The van der Waals surface area contributed by atoms with E-state index in [1.807, 2.05) is 0 Å². The Kier molecular flexibility index (Phi) is 6.67. The number of pyridine rings is 1. The fourth-order valence-corrected chi connectivity index (χ4v) is 3.29. The molecule has 0 N–H and O–H groups in total. The molecule has 0 atom stereocenters. The molecule has 1 heterocycles. The molecule has 136 valence electrons. The van der Waals surface area contributed by atoms with Gasteiger partial charge in [-0.2, -0.15) is 27.2 Å². The molecule has 0 amide bonds. The van der Waals surface area contributed by atoms with Gasteiger partial charge < -0.3 is 0 Å². The quantitative estimate of drug-likeness (QED) is 0.326. The van der Waals surface area contributed by atoms with E-state index < -0.39 is 23.1 Å². The normalized spacial score (nSPS) is 11.4. The lowest BCUT2D eigenvalue weighted by Crippen LogP contribution is -2.10. The number of benzene rings is 1. The highest BCUT2D eigenvalue weighted by Crippen LogP contribution is 2.38. The van der Waals surface area contributed by atoms with Crippen molar-refractivity contribution in [2.45, 2.75) is 21.9 Å². The summed E-state index contributed by atoms with van der Waals surface area (Å²) in [5.74, 6) is -2.31. The summed E-state index contributed by atoms with van der Waals surface area (Å²) in [5, 5.41) is 9.09. The van der Waals surface area contributed by atoms with Gasteiger partial charge in [0.05, 0.1) is 16.8 Å². The maximum atomic E-state index is 13.3. The Morgan fingerprint density at radius 2 is 1.88 bits per heavy atom. The van der Waals surface area contributed by atoms with E-state index in [0.29, 0.717) is 17.3 Å². The molecule has 0 aliphatic heterocycles. The van der Waals surface area contributed by atoms with Crippen LogP contribution in [0, 0.1) is 11.3 Å². The molecule has 0 bridgehead atoms. The van der Waals surface area contributed by atoms with Crippen LogP contribution < -0.4 is 0 Å². The van der Waals surface area contributed by atoms with Gasteiger partial charge in [0.2, 0.25) is 0 Å². The van der Waals surface area contributed by atoms with Crippen molar-refractivity contribution >= 4 is 23.5 Å². The molecule has 0 fully saturated rings. The Balaban J connectivity index is 2.54. The molecular formula is C17H11F5N2S2. The smallest absolute Gasteiger partial charge is 0.240 e. The van der Waals surface area contributed by atoms with Gasteiger partial charge in [0.25, 0.3) is 5.76 Å². The van der Waals surface area contributed by atoms with Crippen molar-refractivity contribution in [3.05, 3.63) is 54.1 Å². The second-order valence-electron chi connectivity index (χ2n) is 4.85. The minimum atomic E-state index is -4.72. The molecule has 2 rings (SSSR count). The van der Waals surface area contributed by atoms with E-state index in [9.17, 15) is 22.0 Å². The molecule has 0 aliphatic carbocycles. The van der Waals surface area contributed by atoms with E-state index in [-0.39, 0.29) is 21.4 Å². The third kappa shape index (κ3) is 4.99. The van der Waals surface area contributed by atoms with Crippen molar-refractivity contribution in [2.24, 2.45) is 0 Å². The number of aromatic nitrogens is 1. The summed E-state index contributed by atoms with van der Waals surface area (Å²) in [6.07, 6.45) is -3.23. The first kappa shape index (κ1) is 20.3. The van der Waals surface area contributed by atoms with Crippen LogP contribution in [-0.2, 0) is 6.18 Å². The third-order valence-corrected chi connectivity index (χ3v) is 4.81. The topological polar surface area (TPSA) is 36.7 Å². The lowest BCUT2D eigenvalue weighted by Gasteiger charge is -2.14. The highest BCUT2D eigenvalue weighted by atomic mass is 32.2. The molecule has 2 aromatic rings. The SMILES string of the molecule is C=CCSc1nc(-c2ccc(SC(F)F)cc2)cc(C(F)(F)F)c1C#N. The number of alkyl halides is 5. The van der Waals surface area contributed by atoms with Crippen LogP contribution in [0.4, 0.5) is 22.0 Å².